The van der Waals surface area contributed by atoms with E-state index in [9.17, 15) is 0 Å². The normalized spacial score (nSPS) is 11.6. The van der Waals surface area contributed by atoms with Gasteiger partial charge in [-0.15, -0.1) is 0 Å². The van der Waals surface area contributed by atoms with Crippen molar-refractivity contribution in [2.24, 2.45) is 5.10 Å². The average Bonchev–Trinajstić information content (AvgIpc) is 2.56. The van der Waals surface area contributed by atoms with Crippen LogP contribution in [0.3, 0.4) is 0 Å². The first kappa shape index (κ1) is 17.7. The van der Waals surface area contributed by atoms with Crippen LogP contribution in [0.4, 0.5) is 0 Å². The molecular weight excluding hydrogens is 301 g/mol. The Labute approximate surface area is 141 Å². The molecule has 0 fully saturated rings. The van der Waals surface area contributed by atoms with Crippen molar-refractivity contribution in [2.75, 3.05) is 0 Å². The molecule has 23 heavy (non-hydrogen) atoms. The molecule has 122 valence electrons. The number of nitrogens with zero attached hydrogens (tertiary/aromatic N) is 2. The van der Waals surface area contributed by atoms with Gasteiger partial charge in [-0.25, -0.2) is 0 Å². The van der Waals surface area contributed by atoms with E-state index in [0.717, 1.165) is 16.8 Å². The minimum absolute atomic E-state index is 0.462. The maximum Gasteiger partial charge on any atom is 0.0977 e. The summed E-state index contributed by atoms with van der Waals surface area (Å²) < 4.78 is 2.40. The zero-order chi connectivity index (χ0) is 16.7. The SMILES string of the molecule is CC(C)N(PNN=C(c1ccccc1)c1ccccc1)C(C)C. The molecule has 0 aliphatic heterocycles. The Bertz CT molecular complexity index is 560. The van der Waals surface area contributed by atoms with Crippen LogP contribution < -0.4 is 5.20 Å². The Morgan fingerprint density at radius 1 is 0.826 bits per heavy atom. The molecule has 1 N–H and O–H groups in total. The zero-order valence-corrected chi connectivity index (χ0v) is 15.3. The van der Waals surface area contributed by atoms with Crippen molar-refractivity contribution >= 4 is 14.6 Å². The molecule has 1 unspecified atom stereocenters. The van der Waals surface area contributed by atoms with Gasteiger partial charge in [-0.3, -0.25) is 9.87 Å². The van der Waals surface area contributed by atoms with E-state index in [0.29, 0.717) is 21.0 Å². The molecule has 2 rings (SSSR count). The maximum atomic E-state index is 4.71. The second kappa shape index (κ2) is 8.81. The highest BCUT2D eigenvalue weighted by molar-refractivity contribution is 7.32. The Hall–Kier alpha value is -1.70. The van der Waals surface area contributed by atoms with Gasteiger partial charge in [-0.1, -0.05) is 60.7 Å². The summed E-state index contributed by atoms with van der Waals surface area (Å²) in [4.78, 5) is 0. The fourth-order valence-corrected chi connectivity index (χ4v) is 3.27. The van der Waals surface area contributed by atoms with Crippen LogP contribution in [0.15, 0.2) is 65.8 Å². The molecule has 0 radical (unpaired) electrons. The van der Waals surface area contributed by atoms with Crippen LogP contribution >= 0.6 is 8.88 Å². The summed E-state index contributed by atoms with van der Waals surface area (Å²) in [5.41, 5.74) is 3.22. The number of rotatable bonds is 7. The first-order valence-electron chi connectivity index (χ1n) is 8.07. The zero-order valence-electron chi connectivity index (χ0n) is 14.3. The van der Waals surface area contributed by atoms with E-state index >= 15 is 0 Å². The minimum Gasteiger partial charge on any atom is -0.276 e. The molecule has 0 aromatic heterocycles. The maximum absolute atomic E-state index is 4.71. The number of hydrogen-bond acceptors (Lipinski definition) is 3. The molecule has 0 saturated carbocycles. The lowest BCUT2D eigenvalue weighted by molar-refractivity contribution is 0.326. The quantitative estimate of drug-likeness (QED) is 0.455. The molecule has 0 bridgehead atoms. The predicted molar refractivity (Wildman–Crippen MR) is 102 cm³/mol. The molecular formula is C19H26N3P. The minimum atomic E-state index is 0.462. The van der Waals surface area contributed by atoms with Gasteiger partial charge < -0.3 is 0 Å². The molecule has 0 aliphatic carbocycles. The molecule has 4 heteroatoms. The molecule has 1 atom stereocenters. The molecule has 0 saturated heterocycles. The monoisotopic (exact) mass is 327 g/mol. The molecule has 0 amide bonds. The summed E-state index contributed by atoms with van der Waals surface area (Å²) in [6.45, 7) is 8.86. The van der Waals surface area contributed by atoms with Gasteiger partial charge in [0.25, 0.3) is 0 Å². The molecule has 3 nitrogen and oxygen atoms in total. The summed E-state index contributed by atoms with van der Waals surface area (Å²) in [6, 6.07) is 21.6. The van der Waals surface area contributed by atoms with Gasteiger partial charge in [0.1, 0.15) is 0 Å². The Balaban J connectivity index is 2.21. The van der Waals surface area contributed by atoms with Gasteiger partial charge in [-0.05, 0) is 27.7 Å². The van der Waals surface area contributed by atoms with Crippen molar-refractivity contribution in [1.29, 1.82) is 0 Å². The highest BCUT2D eigenvalue weighted by atomic mass is 31.1. The van der Waals surface area contributed by atoms with E-state index in [1.807, 2.05) is 36.4 Å². The van der Waals surface area contributed by atoms with E-state index < -0.39 is 0 Å². The van der Waals surface area contributed by atoms with Crippen molar-refractivity contribution in [2.45, 2.75) is 39.8 Å². The standard InChI is InChI=1S/C19H26N3P/c1-15(2)22(16(3)4)23-21-20-19(17-11-7-5-8-12-17)18-13-9-6-10-14-18/h5-16,21,23H,1-4H3. The number of nitrogens with one attached hydrogen (secondary N) is 1. The molecule has 2 aromatic rings. The van der Waals surface area contributed by atoms with Crippen LogP contribution in [-0.4, -0.2) is 22.5 Å². The highest BCUT2D eigenvalue weighted by Gasteiger charge is 2.13. The van der Waals surface area contributed by atoms with Crippen LogP contribution in [0.1, 0.15) is 38.8 Å². The van der Waals surface area contributed by atoms with Crippen LogP contribution in [0, 0.1) is 0 Å². The molecule has 0 heterocycles. The summed E-state index contributed by atoms with van der Waals surface area (Å²) in [5.74, 6) is 0. The van der Waals surface area contributed by atoms with Gasteiger partial charge in [0.05, 0.1) is 14.6 Å². The van der Waals surface area contributed by atoms with E-state index in [4.69, 9.17) is 5.10 Å². The van der Waals surface area contributed by atoms with E-state index in [1.165, 1.54) is 0 Å². The van der Waals surface area contributed by atoms with Gasteiger partial charge in [0.2, 0.25) is 0 Å². The number of hydrogen-bond donors (Lipinski definition) is 1. The largest absolute Gasteiger partial charge is 0.276 e. The van der Waals surface area contributed by atoms with Crippen LogP contribution in [0.25, 0.3) is 0 Å². The van der Waals surface area contributed by atoms with Gasteiger partial charge in [-0.2, -0.15) is 5.10 Å². The topological polar surface area (TPSA) is 27.6 Å². The number of benzene rings is 2. The third-order valence-electron chi connectivity index (χ3n) is 3.55. The molecule has 2 aromatic carbocycles. The summed E-state index contributed by atoms with van der Waals surface area (Å²) in [5, 5.41) is 7.99. The first-order chi connectivity index (χ1) is 11.1. The Kier molecular flexibility index (Phi) is 6.76. The lowest BCUT2D eigenvalue weighted by Crippen LogP contribution is -2.31. The second-order valence-corrected chi connectivity index (χ2v) is 6.97. The summed E-state index contributed by atoms with van der Waals surface area (Å²) in [6.07, 6.45) is 0. The summed E-state index contributed by atoms with van der Waals surface area (Å²) >= 11 is 0. The van der Waals surface area contributed by atoms with Crippen LogP contribution in [-0.2, 0) is 0 Å². The van der Waals surface area contributed by atoms with Crippen LogP contribution in [0.5, 0.6) is 0 Å². The van der Waals surface area contributed by atoms with Crippen molar-refractivity contribution < 1.29 is 0 Å². The number of hydrazone groups is 1. The van der Waals surface area contributed by atoms with E-state index in [1.54, 1.807) is 0 Å². The highest BCUT2D eigenvalue weighted by Crippen LogP contribution is 2.21. The van der Waals surface area contributed by atoms with E-state index in [2.05, 4.69) is 61.8 Å². The lowest BCUT2D eigenvalue weighted by Gasteiger charge is -2.29. The van der Waals surface area contributed by atoms with Gasteiger partial charge in [0, 0.05) is 23.2 Å². The third kappa shape index (κ3) is 5.16. The lowest BCUT2D eigenvalue weighted by atomic mass is 10.0. The van der Waals surface area contributed by atoms with Crippen molar-refractivity contribution in [1.82, 2.24) is 9.87 Å². The Morgan fingerprint density at radius 2 is 1.26 bits per heavy atom. The van der Waals surface area contributed by atoms with Crippen molar-refractivity contribution in [3.63, 3.8) is 0 Å². The van der Waals surface area contributed by atoms with Crippen molar-refractivity contribution in [3.05, 3.63) is 71.8 Å². The van der Waals surface area contributed by atoms with Crippen LogP contribution in [0.2, 0.25) is 0 Å². The predicted octanol–water partition coefficient (Wildman–Crippen LogP) is 4.66. The van der Waals surface area contributed by atoms with Gasteiger partial charge >= 0.3 is 0 Å². The smallest absolute Gasteiger partial charge is 0.0977 e. The van der Waals surface area contributed by atoms with Crippen molar-refractivity contribution in [3.8, 4) is 0 Å². The fourth-order valence-electron chi connectivity index (χ4n) is 2.48. The fraction of sp³-hybridized carbons (Fsp3) is 0.316. The Morgan fingerprint density at radius 3 is 1.65 bits per heavy atom. The molecule has 0 aliphatic rings. The first-order valence-corrected chi connectivity index (χ1v) is 9.02. The summed E-state index contributed by atoms with van der Waals surface area (Å²) in [7, 11) is 0.462. The second-order valence-electron chi connectivity index (χ2n) is 6.01. The van der Waals surface area contributed by atoms with E-state index in [-0.39, 0.29) is 0 Å². The average molecular weight is 327 g/mol. The molecule has 0 spiro atoms. The third-order valence-corrected chi connectivity index (χ3v) is 5.06. The van der Waals surface area contributed by atoms with Gasteiger partial charge in [0.15, 0.2) is 0 Å².